The van der Waals surface area contributed by atoms with Crippen molar-refractivity contribution in [2.75, 3.05) is 32.4 Å². The molecule has 3 rings (SSSR count). The Bertz CT molecular complexity index is 1260. The first-order valence-corrected chi connectivity index (χ1v) is 12.9. The number of rotatable bonds is 4. The van der Waals surface area contributed by atoms with Gasteiger partial charge in [0.25, 0.3) is 5.91 Å². The molecule has 174 valence electrons. The summed E-state index contributed by atoms with van der Waals surface area (Å²) < 4.78 is 89.3. The lowest BCUT2D eigenvalue weighted by molar-refractivity contribution is -0.137. The van der Waals surface area contributed by atoms with Gasteiger partial charge in [0.15, 0.2) is 9.84 Å². The number of sulfonamides is 1. The zero-order chi connectivity index (χ0) is 23.9. The third kappa shape index (κ3) is 5.08. The number of nitrogens with zero attached hydrogens (tertiary/aromatic N) is 2. The lowest BCUT2D eigenvalue weighted by atomic mass is 10.1. The van der Waals surface area contributed by atoms with Crippen molar-refractivity contribution in [3.63, 3.8) is 0 Å². The molecule has 0 spiro atoms. The molecule has 0 N–H and O–H groups in total. The fourth-order valence-corrected chi connectivity index (χ4v) is 6.04. The Kier molecular flexibility index (Phi) is 6.62. The highest BCUT2D eigenvalue weighted by Crippen LogP contribution is 2.30. The first kappa shape index (κ1) is 24.5. The minimum absolute atomic E-state index is 0.0408. The van der Waals surface area contributed by atoms with Crippen LogP contribution < -0.4 is 0 Å². The molecule has 1 aliphatic heterocycles. The van der Waals surface area contributed by atoms with Crippen molar-refractivity contribution < 1.29 is 34.8 Å². The summed E-state index contributed by atoms with van der Waals surface area (Å²) in [5, 5.41) is -0.108. The molecule has 1 heterocycles. The van der Waals surface area contributed by atoms with Crippen LogP contribution in [-0.2, 0) is 26.0 Å². The lowest BCUT2D eigenvalue weighted by Crippen LogP contribution is -2.50. The van der Waals surface area contributed by atoms with Crippen molar-refractivity contribution in [3.8, 4) is 0 Å². The van der Waals surface area contributed by atoms with Crippen LogP contribution in [-0.4, -0.2) is 64.4 Å². The maximum Gasteiger partial charge on any atom is 0.416 e. The van der Waals surface area contributed by atoms with Gasteiger partial charge in [0.1, 0.15) is 0 Å². The number of halogens is 4. The minimum atomic E-state index is -4.59. The number of amides is 1. The highest BCUT2D eigenvalue weighted by molar-refractivity contribution is 7.91. The van der Waals surface area contributed by atoms with E-state index in [-0.39, 0.29) is 46.6 Å². The van der Waals surface area contributed by atoms with Crippen LogP contribution in [0.25, 0.3) is 0 Å². The Balaban J connectivity index is 1.76. The fourth-order valence-electron chi connectivity index (χ4n) is 3.22. The number of hydrogen-bond acceptors (Lipinski definition) is 5. The van der Waals surface area contributed by atoms with Crippen molar-refractivity contribution in [1.82, 2.24) is 9.21 Å². The standard InChI is InChI=1S/C19H18ClF3N2O5S2/c1-31(27,28)17-12-15(5-6-16(17)20)32(29,30)25-9-7-24(8-10-25)18(26)13-3-2-4-14(11-13)19(21,22)23/h2-6,11-12H,7-10H2,1H3. The van der Waals surface area contributed by atoms with Crippen molar-refractivity contribution in [3.05, 3.63) is 58.6 Å². The van der Waals surface area contributed by atoms with Crippen LogP contribution in [0.15, 0.2) is 52.3 Å². The van der Waals surface area contributed by atoms with Gasteiger partial charge in [-0.1, -0.05) is 17.7 Å². The summed E-state index contributed by atoms with van der Waals surface area (Å²) in [6.45, 7) is -0.296. The van der Waals surface area contributed by atoms with Crippen molar-refractivity contribution >= 4 is 37.4 Å². The molecular formula is C19H18ClF3N2O5S2. The van der Waals surface area contributed by atoms with Gasteiger partial charge in [0.2, 0.25) is 10.0 Å². The highest BCUT2D eigenvalue weighted by Gasteiger charge is 2.33. The van der Waals surface area contributed by atoms with E-state index in [1.54, 1.807) is 0 Å². The molecule has 2 aromatic carbocycles. The molecule has 0 aromatic heterocycles. The smallest absolute Gasteiger partial charge is 0.336 e. The zero-order valence-corrected chi connectivity index (χ0v) is 19.0. The molecule has 1 fully saturated rings. The molecule has 0 aliphatic carbocycles. The van der Waals surface area contributed by atoms with E-state index < -0.39 is 37.5 Å². The predicted octanol–water partition coefficient (Wildman–Crippen LogP) is 2.91. The van der Waals surface area contributed by atoms with Crippen LogP contribution in [0, 0.1) is 0 Å². The van der Waals surface area contributed by atoms with Gasteiger partial charge >= 0.3 is 6.18 Å². The fraction of sp³-hybridized carbons (Fsp3) is 0.316. The molecule has 0 saturated carbocycles. The van der Waals surface area contributed by atoms with E-state index in [4.69, 9.17) is 11.6 Å². The topological polar surface area (TPSA) is 91.8 Å². The Hall–Kier alpha value is -2.15. The Morgan fingerprint density at radius 2 is 1.59 bits per heavy atom. The van der Waals surface area contributed by atoms with Gasteiger partial charge < -0.3 is 4.90 Å². The van der Waals surface area contributed by atoms with Gasteiger partial charge in [-0.05, 0) is 36.4 Å². The van der Waals surface area contributed by atoms with Crippen LogP contribution >= 0.6 is 11.6 Å². The largest absolute Gasteiger partial charge is 0.416 e. The molecule has 1 aliphatic rings. The average molecular weight is 511 g/mol. The van der Waals surface area contributed by atoms with E-state index in [1.165, 1.54) is 23.1 Å². The molecular weight excluding hydrogens is 493 g/mol. The van der Waals surface area contributed by atoms with Crippen LogP contribution in [0.4, 0.5) is 13.2 Å². The number of piperazine rings is 1. The first-order chi connectivity index (χ1) is 14.7. The summed E-state index contributed by atoms with van der Waals surface area (Å²) in [5.74, 6) is -0.640. The monoisotopic (exact) mass is 510 g/mol. The van der Waals surface area contributed by atoms with Gasteiger partial charge in [-0.15, -0.1) is 0 Å². The molecule has 7 nitrogen and oxygen atoms in total. The van der Waals surface area contributed by atoms with Crippen LogP contribution in [0.5, 0.6) is 0 Å². The summed E-state index contributed by atoms with van der Waals surface area (Å²) >= 11 is 5.87. The summed E-state index contributed by atoms with van der Waals surface area (Å²) in [5.41, 5.74) is -1.10. The highest BCUT2D eigenvalue weighted by atomic mass is 35.5. The molecule has 2 aromatic rings. The Labute approximate surface area is 188 Å². The van der Waals surface area contributed by atoms with E-state index in [0.717, 1.165) is 34.8 Å². The van der Waals surface area contributed by atoms with E-state index in [2.05, 4.69) is 0 Å². The zero-order valence-electron chi connectivity index (χ0n) is 16.6. The minimum Gasteiger partial charge on any atom is -0.336 e. The maximum atomic E-state index is 12.9. The molecule has 32 heavy (non-hydrogen) atoms. The number of carbonyl (C=O) groups excluding carboxylic acids is 1. The summed E-state index contributed by atoms with van der Waals surface area (Å²) in [4.78, 5) is 13.3. The summed E-state index contributed by atoms with van der Waals surface area (Å²) in [6, 6.07) is 7.36. The normalized spacial score (nSPS) is 16.2. The lowest BCUT2D eigenvalue weighted by Gasteiger charge is -2.34. The summed E-state index contributed by atoms with van der Waals surface area (Å²) in [6.07, 6.45) is -3.69. The Morgan fingerprint density at radius 1 is 0.969 bits per heavy atom. The van der Waals surface area contributed by atoms with E-state index >= 15 is 0 Å². The SMILES string of the molecule is CS(=O)(=O)c1cc(S(=O)(=O)N2CCN(C(=O)c3cccc(C(F)(F)F)c3)CC2)ccc1Cl. The number of carbonyl (C=O) groups is 1. The van der Waals surface area contributed by atoms with Crippen LogP contribution in [0.2, 0.25) is 5.02 Å². The van der Waals surface area contributed by atoms with E-state index in [9.17, 15) is 34.8 Å². The molecule has 1 amide bonds. The van der Waals surface area contributed by atoms with E-state index in [1.807, 2.05) is 0 Å². The number of sulfone groups is 1. The van der Waals surface area contributed by atoms with Crippen LogP contribution in [0.3, 0.4) is 0 Å². The third-order valence-corrected chi connectivity index (χ3v) is 8.38. The molecule has 13 heteroatoms. The Morgan fingerprint density at radius 3 is 2.16 bits per heavy atom. The number of hydrogen-bond donors (Lipinski definition) is 0. The average Bonchev–Trinajstić information content (AvgIpc) is 2.72. The van der Waals surface area contributed by atoms with Gasteiger partial charge in [-0.25, -0.2) is 16.8 Å². The quantitative estimate of drug-likeness (QED) is 0.630. The van der Waals surface area contributed by atoms with Gasteiger partial charge in [-0.2, -0.15) is 17.5 Å². The summed E-state index contributed by atoms with van der Waals surface area (Å²) in [7, 11) is -7.84. The van der Waals surface area contributed by atoms with Crippen molar-refractivity contribution in [2.45, 2.75) is 16.0 Å². The number of alkyl halides is 3. The maximum absolute atomic E-state index is 12.9. The van der Waals surface area contributed by atoms with Gasteiger partial charge in [0, 0.05) is 38.0 Å². The molecule has 0 bridgehead atoms. The van der Waals surface area contributed by atoms with Crippen molar-refractivity contribution in [1.29, 1.82) is 0 Å². The molecule has 0 radical (unpaired) electrons. The molecule has 0 unspecified atom stereocenters. The molecule has 1 saturated heterocycles. The van der Waals surface area contributed by atoms with Crippen LogP contribution in [0.1, 0.15) is 15.9 Å². The third-order valence-electron chi connectivity index (χ3n) is 4.90. The first-order valence-electron chi connectivity index (χ1n) is 9.17. The second-order valence-electron chi connectivity index (χ2n) is 7.14. The van der Waals surface area contributed by atoms with Gasteiger partial charge in [0.05, 0.1) is 20.4 Å². The van der Waals surface area contributed by atoms with E-state index in [0.29, 0.717) is 0 Å². The van der Waals surface area contributed by atoms with Crippen molar-refractivity contribution in [2.24, 2.45) is 0 Å². The molecule has 0 atom stereocenters. The second-order valence-corrected chi connectivity index (χ2v) is 11.5. The second kappa shape index (κ2) is 8.65. The number of benzene rings is 2. The van der Waals surface area contributed by atoms with Gasteiger partial charge in [-0.3, -0.25) is 4.79 Å². The predicted molar refractivity (Wildman–Crippen MR) is 111 cm³/mol.